The van der Waals surface area contributed by atoms with Crippen molar-refractivity contribution in [2.24, 2.45) is 0 Å². The topological polar surface area (TPSA) is 48.9 Å². The van der Waals surface area contributed by atoms with Crippen LogP contribution < -0.4 is 9.64 Å². The van der Waals surface area contributed by atoms with Crippen molar-refractivity contribution in [3.63, 3.8) is 0 Å². The van der Waals surface area contributed by atoms with Gasteiger partial charge in [-0.15, -0.1) is 0 Å². The number of ether oxygens (including phenoxy) is 1. The molecule has 2 fully saturated rings. The number of piperazine rings is 1. The number of hydrogen-bond acceptors (Lipinski definition) is 5. The maximum atomic E-state index is 13.1. The summed E-state index contributed by atoms with van der Waals surface area (Å²) >= 11 is 0. The van der Waals surface area contributed by atoms with Gasteiger partial charge in [0.1, 0.15) is 11.6 Å². The normalized spacial score (nSPS) is 21.7. The molecular formula is C24H32N4O2. The van der Waals surface area contributed by atoms with Gasteiger partial charge in [-0.2, -0.15) is 0 Å². The molecule has 6 heteroatoms. The Hall–Kier alpha value is -2.60. The van der Waals surface area contributed by atoms with E-state index in [0.717, 1.165) is 31.1 Å². The molecule has 1 aromatic carbocycles. The molecule has 4 rings (SSSR count). The molecule has 1 amide bonds. The predicted molar refractivity (Wildman–Crippen MR) is 119 cm³/mol. The molecule has 3 atom stereocenters. The van der Waals surface area contributed by atoms with E-state index in [1.54, 1.807) is 13.3 Å². The third kappa shape index (κ3) is 3.43. The monoisotopic (exact) mass is 408 g/mol. The van der Waals surface area contributed by atoms with Gasteiger partial charge in [0, 0.05) is 51.5 Å². The number of benzene rings is 1. The second kappa shape index (κ2) is 7.91. The van der Waals surface area contributed by atoms with Crippen LogP contribution in [0.2, 0.25) is 0 Å². The molecule has 0 spiro atoms. The van der Waals surface area contributed by atoms with Crippen LogP contribution in [0.5, 0.6) is 5.75 Å². The zero-order chi connectivity index (χ0) is 21.6. The molecule has 2 aliphatic heterocycles. The van der Waals surface area contributed by atoms with Crippen LogP contribution in [0.3, 0.4) is 0 Å². The lowest BCUT2D eigenvalue weighted by atomic mass is 9.96. The van der Waals surface area contributed by atoms with E-state index in [-0.39, 0.29) is 11.9 Å². The van der Waals surface area contributed by atoms with E-state index in [1.807, 2.05) is 36.0 Å². The van der Waals surface area contributed by atoms with Gasteiger partial charge in [-0.3, -0.25) is 9.69 Å². The summed E-state index contributed by atoms with van der Waals surface area (Å²) in [6, 6.07) is 9.07. The molecule has 160 valence electrons. The molecule has 0 N–H and O–H groups in total. The van der Waals surface area contributed by atoms with Crippen molar-refractivity contribution in [3.8, 4) is 5.75 Å². The fourth-order valence-electron chi connectivity index (χ4n) is 5.03. The van der Waals surface area contributed by atoms with Crippen LogP contribution in [0.25, 0.3) is 0 Å². The number of carbonyl (C=O) groups excluding carboxylic acids is 1. The van der Waals surface area contributed by atoms with Gasteiger partial charge in [-0.25, -0.2) is 4.98 Å². The maximum Gasteiger partial charge on any atom is 0.255 e. The largest absolute Gasteiger partial charge is 0.496 e. The summed E-state index contributed by atoms with van der Waals surface area (Å²) in [5.41, 5.74) is 4.53. The summed E-state index contributed by atoms with van der Waals surface area (Å²) in [6.45, 7) is 8.29. The molecule has 0 radical (unpaired) electrons. The molecule has 0 saturated carbocycles. The van der Waals surface area contributed by atoms with E-state index >= 15 is 0 Å². The van der Waals surface area contributed by atoms with Crippen LogP contribution in [0, 0.1) is 13.8 Å². The van der Waals surface area contributed by atoms with Gasteiger partial charge < -0.3 is 14.5 Å². The van der Waals surface area contributed by atoms with E-state index in [2.05, 4.69) is 42.8 Å². The highest BCUT2D eigenvalue weighted by molar-refractivity contribution is 5.94. The van der Waals surface area contributed by atoms with Crippen molar-refractivity contribution in [2.45, 2.75) is 45.3 Å². The Labute approximate surface area is 179 Å². The van der Waals surface area contributed by atoms with Crippen LogP contribution in [0.4, 0.5) is 5.82 Å². The smallest absolute Gasteiger partial charge is 0.255 e. The second-order valence-electron chi connectivity index (χ2n) is 8.78. The van der Waals surface area contributed by atoms with Gasteiger partial charge in [0.05, 0.1) is 12.7 Å². The van der Waals surface area contributed by atoms with Gasteiger partial charge in [0.2, 0.25) is 0 Å². The molecule has 3 heterocycles. The van der Waals surface area contributed by atoms with E-state index in [0.29, 0.717) is 17.6 Å². The Morgan fingerprint density at radius 2 is 1.90 bits per heavy atom. The first-order chi connectivity index (χ1) is 14.3. The van der Waals surface area contributed by atoms with Crippen molar-refractivity contribution >= 4 is 11.7 Å². The summed E-state index contributed by atoms with van der Waals surface area (Å²) < 4.78 is 5.47. The average molecular weight is 409 g/mol. The highest BCUT2D eigenvalue weighted by atomic mass is 16.5. The molecule has 2 saturated heterocycles. The standard InChI is InChI=1S/C24H32N4O2/c1-15-16(2)22(30-6)9-8-21(15)17(3)27-13-20-11-19(27)14-28(20)24(29)18-7-10-23(25-12-18)26(4)5/h7-10,12,17,19-20H,11,13-14H2,1-6H3/t17-,19-,20-/m0/s1. The molecular weight excluding hydrogens is 376 g/mol. The summed E-state index contributed by atoms with van der Waals surface area (Å²) in [5, 5.41) is 0. The lowest BCUT2D eigenvalue weighted by Gasteiger charge is -2.38. The molecule has 2 aromatic rings. The number of pyridine rings is 1. The maximum absolute atomic E-state index is 13.1. The Morgan fingerprint density at radius 1 is 1.13 bits per heavy atom. The number of methoxy groups -OCH3 is 1. The van der Waals surface area contributed by atoms with Gasteiger partial charge in [0.15, 0.2) is 0 Å². The summed E-state index contributed by atoms with van der Waals surface area (Å²) in [6.07, 6.45) is 2.75. The molecule has 6 nitrogen and oxygen atoms in total. The van der Waals surface area contributed by atoms with Crippen LogP contribution in [-0.4, -0.2) is 67.1 Å². The molecule has 2 bridgehead atoms. The quantitative estimate of drug-likeness (QED) is 0.759. The minimum atomic E-state index is 0.101. The fraction of sp³-hybridized carbons (Fsp3) is 0.500. The number of hydrogen-bond donors (Lipinski definition) is 0. The van der Waals surface area contributed by atoms with E-state index in [1.165, 1.54) is 16.7 Å². The molecule has 2 aliphatic rings. The van der Waals surface area contributed by atoms with Gasteiger partial charge in [0.25, 0.3) is 5.91 Å². The number of carbonyl (C=O) groups is 1. The van der Waals surface area contributed by atoms with E-state index in [9.17, 15) is 4.79 Å². The van der Waals surface area contributed by atoms with E-state index in [4.69, 9.17) is 4.74 Å². The van der Waals surface area contributed by atoms with Gasteiger partial charge in [-0.1, -0.05) is 6.07 Å². The first-order valence-corrected chi connectivity index (χ1v) is 10.7. The van der Waals surface area contributed by atoms with Crippen LogP contribution in [-0.2, 0) is 0 Å². The highest BCUT2D eigenvalue weighted by Crippen LogP contribution is 2.39. The molecule has 0 unspecified atom stereocenters. The molecule has 30 heavy (non-hydrogen) atoms. The van der Waals surface area contributed by atoms with Crippen LogP contribution >= 0.6 is 0 Å². The molecule has 1 aromatic heterocycles. The Kier molecular flexibility index (Phi) is 5.45. The number of fused-ring (bicyclic) bond motifs is 2. The number of rotatable bonds is 5. The van der Waals surface area contributed by atoms with Crippen molar-refractivity contribution < 1.29 is 9.53 Å². The minimum absolute atomic E-state index is 0.101. The highest BCUT2D eigenvalue weighted by Gasteiger charge is 2.47. The predicted octanol–water partition coefficient (Wildman–Crippen LogP) is 3.43. The lowest BCUT2D eigenvalue weighted by Crippen LogP contribution is -2.49. The Morgan fingerprint density at radius 3 is 2.47 bits per heavy atom. The minimum Gasteiger partial charge on any atom is -0.496 e. The Bertz CT molecular complexity index is 941. The fourth-order valence-corrected chi connectivity index (χ4v) is 5.03. The first-order valence-electron chi connectivity index (χ1n) is 10.7. The van der Waals surface area contributed by atoms with Crippen molar-refractivity contribution in [1.82, 2.24) is 14.8 Å². The third-order valence-corrected chi connectivity index (χ3v) is 6.94. The summed E-state index contributed by atoms with van der Waals surface area (Å²) in [5.74, 6) is 1.90. The van der Waals surface area contributed by atoms with Crippen LogP contribution in [0.15, 0.2) is 30.5 Å². The van der Waals surface area contributed by atoms with Gasteiger partial charge >= 0.3 is 0 Å². The summed E-state index contributed by atoms with van der Waals surface area (Å²) in [7, 11) is 5.62. The number of amides is 1. The average Bonchev–Trinajstić information content (AvgIpc) is 3.36. The van der Waals surface area contributed by atoms with Crippen molar-refractivity contribution in [1.29, 1.82) is 0 Å². The second-order valence-corrected chi connectivity index (χ2v) is 8.78. The first kappa shape index (κ1) is 20.7. The Balaban J connectivity index is 1.46. The number of nitrogens with zero attached hydrogens (tertiary/aromatic N) is 4. The number of anilines is 1. The SMILES string of the molecule is COc1ccc([C@H](C)N2C[C@@H]3C[C@H]2CN3C(=O)c2ccc(N(C)C)nc2)c(C)c1C. The third-order valence-electron chi connectivity index (χ3n) is 6.94. The zero-order valence-electron chi connectivity index (χ0n) is 18.8. The van der Waals surface area contributed by atoms with Crippen molar-refractivity contribution in [3.05, 3.63) is 52.7 Å². The lowest BCUT2D eigenvalue weighted by molar-refractivity contribution is 0.0568. The zero-order valence-corrected chi connectivity index (χ0v) is 18.8. The summed E-state index contributed by atoms with van der Waals surface area (Å²) in [4.78, 5) is 24.0. The molecule has 0 aliphatic carbocycles. The number of likely N-dealkylation sites (tertiary alicyclic amines) is 2. The number of aromatic nitrogens is 1. The van der Waals surface area contributed by atoms with E-state index < -0.39 is 0 Å². The van der Waals surface area contributed by atoms with Crippen molar-refractivity contribution in [2.75, 3.05) is 39.2 Å². The van der Waals surface area contributed by atoms with Gasteiger partial charge in [-0.05, 0) is 62.1 Å². The van der Waals surface area contributed by atoms with Crippen LogP contribution in [0.1, 0.15) is 46.4 Å².